The van der Waals surface area contributed by atoms with Crippen molar-refractivity contribution < 1.29 is 4.74 Å². The Kier molecular flexibility index (Phi) is 3.10. The average molecular weight is 324 g/mol. The second-order valence-corrected chi connectivity index (χ2v) is 7.04. The molecular formula is C19H20N2O3. The first-order valence-corrected chi connectivity index (χ1v) is 8.22. The summed E-state index contributed by atoms with van der Waals surface area (Å²) in [7, 11) is 0. The van der Waals surface area contributed by atoms with E-state index in [1.807, 2.05) is 13.8 Å². The van der Waals surface area contributed by atoms with E-state index in [1.165, 1.54) is 0 Å². The van der Waals surface area contributed by atoms with E-state index in [-0.39, 0.29) is 17.8 Å². The van der Waals surface area contributed by atoms with E-state index >= 15 is 0 Å². The number of hydrogen-bond acceptors (Lipinski definition) is 3. The molecule has 0 saturated carbocycles. The molecule has 124 valence electrons. The molecule has 1 aliphatic rings. The van der Waals surface area contributed by atoms with E-state index in [2.05, 4.69) is 19.9 Å². The lowest BCUT2D eigenvalue weighted by Crippen LogP contribution is -2.23. The van der Waals surface area contributed by atoms with E-state index in [9.17, 15) is 9.59 Å². The molecule has 0 bridgehead atoms. The highest BCUT2D eigenvalue weighted by atomic mass is 16.5. The van der Waals surface area contributed by atoms with Crippen LogP contribution >= 0.6 is 0 Å². The van der Waals surface area contributed by atoms with Gasteiger partial charge in [0.25, 0.3) is 11.1 Å². The van der Waals surface area contributed by atoms with Gasteiger partial charge in [-0.3, -0.25) is 14.2 Å². The van der Waals surface area contributed by atoms with Crippen molar-refractivity contribution in [2.45, 2.75) is 41.0 Å². The first-order valence-electron chi connectivity index (χ1n) is 8.22. The van der Waals surface area contributed by atoms with Gasteiger partial charge in [-0.1, -0.05) is 13.8 Å². The summed E-state index contributed by atoms with van der Waals surface area (Å²) < 4.78 is 9.32. The minimum atomic E-state index is -0.0662. The summed E-state index contributed by atoms with van der Waals surface area (Å²) >= 11 is 0. The lowest BCUT2D eigenvalue weighted by atomic mass is 10.0. The third-order valence-corrected chi connectivity index (χ3v) is 4.72. The fourth-order valence-electron chi connectivity index (χ4n) is 3.62. The molecule has 3 heterocycles. The standard InChI is InChI=1S/C19H20N2O3/c1-10(2)8-20-15(22)5-11(3)13-7-14-12(4)6-16(23)21-9-24-19(17(13)20)18(14)21/h5-7,10H,8-9H2,1-4H3. The summed E-state index contributed by atoms with van der Waals surface area (Å²) in [5.74, 6) is 0.988. The number of fused-ring (bicyclic) bond motifs is 2. The van der Waals surface area contributed by atoms with Gasteiger partial charge in [0.15, 0.2) is 12.5 Å². The molecule has 4 rings (SSSR count). The summed E-state index contributed by atoms with van der Waals surface area (Å²) in [6, 6.07) is 5.41. The van der Waals surface area contributed by atoms with Gasteiger partial charge < -0.3 is 9.30 Å². The molecule has 0 aliphatic carbocycles. The minimum Gasteiger partial charge on any atom is -0.468 e. The molecule has 0 radical (unpaired) electrons. The van der Waals surface area contributed by atoms with Gasteiger partial charge in [-0.2, -0.15) is 0 Å². The average Bonchev–Trinajstić information content (AvgIpc) is 2.94. The largest absolute Gasteiger partial charge is 0.468 e. The lowest BCUT2D eigenvalue weighted by molar-refractivity contribution is 0.268. The second kappa shape index (κ2) is 4.97. The molecule has 5 heteroatoms. The van der Waals surface area contributed by atoms with E-state index in [0.717, 1.165) is 32.9 Å². The Balaban J connectivity index is 2.28. The highest BCUT2D eigenvalue weighted by Gasteiger charge is 2.24. The monoisotopic (exact) mass is 324 g/mol. The number of hydrogen-bond donors (Lipinski definition) is 0. The van der Waals surface area contributed by atoms with Crippen molar-refractivity contribution in [3.05, 3.63) is 50.0 Å². The van der Waals surface area contributed by atoms with Crippen LogP contribution in [0.25, 0.3) is 21.8 Å². The van der Waals surface area contributed by atoms with Crippen LogP contribution < -0.4 is 15.9 Å². The van der Waals surface area contributed by atoms with Crippen LogP contribution in [-0.2, 0) is 13.3 Å². The number of aromatic nitrogens is 2. The van der Waals surface area contributed by atoms with Crippen molar-refractivity contribution >= 4 is 21.8 Å². The maximum Gasteiger partial charge on any atom is 0.254 e. The van der Waals surface area contributed by atoms with E-state index < -0.39 is 0 Å². The summed E-state index contributed by atoms with van der Waals surface area (Å²) in [4.78, 5) is 24.8. The van der Waals surface area contributed by atoms with Crippen molar-refractivity contribution in [1.29, 1.82) is 0 Å². The molecule has 24 heavy (non-hydrogen) atoms. The highest BCUT2D eigenvalue weighted by Crippen LogP contribution is 2.39. The minimum absolute atomic E-state index is 0.0265. The number of benzene rings is 1. The zero-order valence-electron chi connectivity index (χ0n) is 14.3. The molecule has 5 nitrogen and oxygen atoms in total. The lowest BCUT2D eigenvalue weighted by Gasteiger charge is -2.16. The number of ether oxygens (including phenoxy) is 1. The Morgan fingerprint density at radius 2 is 1.62 bits per heavy atom. The quantitative estimate of drug-likeness (QED) is 0.681. The Bertz CT molecular complexity index is 1120. The van der Waals surface area contributed by atoms with Crippen molar-refractivity contribution in [3.63, 3.8) is 0 Å². The Morgan fingerprint density at radius 3 is 2.29 bits per heavy atom. The molecule has 1 aromatic carbocycles. The molecule has 0 N–H and O–H groups in total. The van der Waals surface area contributed by atoms with Crippen LogP contribution in [0, 0.1) is 19.8 Å². The third-order valence-electron chi connectivity index (χ3n) is 4.72. The number of pyridine rings is 2. The van der Waals surface area contributed by atoms with Crippen LogP contribution in [0.1, 0.15) is 25.0 Å². The van der Waals surface area contributed by atoms with Gasteiger partial charge in [0.1, 0.15) is 0 Å². The molecular weight excluding hydrogens is 304 g/mol. The summed E-state index contributed by atoms with van der Waals surface area (Å²) in [5.41, 5.74) is 3.37. The fraction of sp³-hybridized carbons (Fsp3) is 0.368. The van der Waals surface area contributed by atoms with Crippen LogP contribution in [0.2, 0.25) is 0 Å². The number of rotatable bonds is 2. The van der Waals surface area contributed by atoms with Crippen molar-refractivity contribution in [2.75, 3.05) is 0 Å². The predicted molar refractivity (Wildman–Crippen MR) is 94.9 cm³/mol. The maximum absolute atomic E-state index is 12.6. The molecule has 0 amide bonds. The Labute approximate surface area is 139 Å². The van der Waals surface area contributed by atoms with E-state index in [4.69, 9.17) is 4.74 Å². The number of aryl methyl sites for hydroxylation is 2. The van der Waals surface area contributed by atoms with Gasteiger partial charge >= 0.3 is 0 Å². The van der Waals surface area contributed by atoms with Gasteiger partial charge in [-0.15, -0.1) is 0 Å². The van der Waals surface area contributed by atoms with E-state index in [1.54, 1.807) is 21.3 Å². The Morgan fingerprint density at radius 1 is 1.00 bits per heavy atom. The first-order chi connectivity index (χ1) is 11.4. The third kappa shape index (κ3) is 1.94. The van der Waals surface area contributed by atoms with Gasteiger partial charge in [0.2, 0.25) is 0 Å². The van der Waals surface area contributed by atoms with Gasteiger partial charge in [0, 0.05) is 29.4 Å². The molecule has 0 spiro atoms. The normalized spacial score (nSPS) is 13.2. The topological polar surface area (TPSA) is 53.2 Å². The summed E-state index contributed by atoms with van der Waals surface area (Å²) in [6.07, 6.45) is 0. The zero-order valence-corrected chi connectivity index (χ0v) is 14.3. The summed E-state index contributed by atoms with van der Waals surface area (Å²) in [5, 5.41) is 2.01. The van der Waals surface area contributed by atoms with Crippen LogP contribution in [0.5, 0.6) is 5.75 Å². The molecule has 0 fully saturated rings. The molecule has 1 aliphatic heterocycles. The smallest absolute Gasteiger partial charge is 0.254 e. The molecule has 3 aromatic rings. The van der Waals surface area contributed by atoms with Crippen LogP contribution in [0.4, 0.5) is 0 Å². The van der Waals surface area contributed by atoms with E-state index in [0.29, 0.717) is 18.2 Å². The van der Waals surface area contributed by atoms with Crippen molar-refractivity contribution in [2.24, 2.45) is 5.92 Å². The van der Waals surface area contributed by atoms with Crippen LogP contribution in [-0.4, -0.2) is 9.13 Å². The SMILES string of the molecule is Cc1cc(=O)n2c3c(c4c(cc13)c(C)cc(=O)n4CC(C)C)OC2. The molecule has 0 atom stereocenters. The van der Waals surface area contributed by atoms with Gasteiger partial charge in [0.05, 0.1) is 11.0 Å². The second-order valence-electron chi connectivity index (χ2n) is 7.04. The Hall–Kier alpha value is -2.56. The van der Waals surface area contributed by atoms with Crippen LogP contribution in [0.3, 0.4) is 0 Å². The maximum atomic E-state index is 12.6. The van der Waals surface area contributed by atoms with Gasteiger partial charge in [-0.25, -0.2) is 0 Å². The fourth-order valence-corrected chi connectivity index (χ4v) is 3.62. The van der Waals surface area contributed by atoms with Crippen molar-refractivity contribution in [1.82, 2.24) is 9.13 Å². The van der Waals surface area contributed by atoms with Crippen LogP contribution in [0.15, 0.2) is 27.8 Å². The molecule has 0 saturated heterocycles. The molecule has 0 unspecified atom stereocenters. The zero-order chi connectivity index (χ0) is 17.2. The highest BCUT2D eigenvalue weighted by molar-refractivity contribution is 6.05. The van der Waals surface area contributed by atoms with Crippen molar-refractivity contribution in [3.8, 4) is 5.75 Å². The van der Waals surface area contributed by atoms with Gasteiger partial charge in [-0.05, 0) is 37.0 Å². The number of nitrogens with zero attached hydrogens (tertiary/aromatic N) is 2. The summed E-state index contributed by atoms with van der Waals surface area (Å²) in [6.45, 7) is 8.87. The molecule has 2 aromatic heterocycles. The first kappa shape index (κ1) is 15.0. The predicted octanol–water partition coefficient (Wildman–Crippen LogP) is 2.94.